The van der Waals surface area contributed by atoms with Gasteiger partial charge in [0.15, 0.2) is 0 Å². The average molecular weight is 263 g/mol. The molecular weight excluding hydrogens is 238 g/mol. The van der Waals surface area contributed by atoms with E-state index in [1.165, 1.54) is 0 Å². The lowest BCUT2D eigenvalue weighted by atomic mass is 10.2. The third-order valence-electron chi connectivity index (χ3n) is 3.01. The van der Waals surface area contributed by atoms with Gasteiger partial charge >= 0.3 is 0 Å². The van der Waals surface area contributed by atoms with Gasteiger partial charge in [-0.05, 0) is 31.9 Å². The van der Waals surface area contributed by atoms with Crippen LogP contribution in [-0.2, 0) is 0 Å². The number of hydrogen-bond donors (Lipinski definition) is 1. The van der Waals surface area contributed by atoms with Gasteiger partial charge in [0.2, 0.25) is 0 Å². The Balaban J connectivity index is 2.74. The standard InChI is InChI=1S/C15H25N3O/c1-4-7-11-18(6-3)15(19)14-12-13(8-10-17-14)16-9-5-2/h8,10,12H,4-7,9,11H2,1-3H3,(H,16,17). The molecule has 0 aliphatic rings. The Bertz CT molecular complexity index is 393. The van der Waals surface area contributed by atoms with Gasteiger partial charge in [-0.1, -0.05) is 20.3 Å². The zero-order valence-corrected chi connectivity index (χ0v) is 12.3. The van der Waals surface area contributed by atoms with Crippen LogP contribution in [0.25, 0.3) is 0 Å². The SMILES string of the molecule is CCCCN(CC)C(=O)c1cc(NCCC)ccn1. The molecule has 0 saturated heterocycles. The molecule has 19 heavy (non-hydrogen) atoms. The summed E-state index contributed by atoms with van der Waals surface area (Å²) in [6, 6.07) is 3.74. The van der Waals surface area contributed by atoms with E-state index >= 15 is 0 Å². The molecule has 1 aromatic rings. The number of aromatic nitrogens is 1. The highest BCUT2D eigenvalue weighted by Crippen LogP contribution is 2.10. The summed E-state index contributed by atoms with van der Waals surface area (Å²) in [5, 5.41) is 3.28. The van der Waals surface area contributed by atoms with E-state index in [1.807, 2.05) is 24.0 Å². The largest absolute Gasteiger partial charge is 0.385 e. The second-order valence-electron chi connectivity index (χ2n) is 4.59. The molecule has 0 fully saturated rings. The summed E-state index contributed by atoms with van der Waals surface area (Å²) < 4.78 is 0. The lowest BCUT2D eigenvalue weighted by molar-refractivity contribution is 0.0756. The molecule has 0 saturated carbocycles. The van der Waals surface area contributed by atoms with E-state index < -0.39 is 0 Å². The molecule has 0 aliphatic carbocycles. The molecule has 0 radical (unpaired) electrons. The molecule has 106 valence electrons. The van der Waals surface area contributed by atoms with Gasteiger partial charge in [-0.3, -0.25) is 9.78 Å². The Kier molecular flexibility index (Phi) is 6.93. The maximum absolute atomic E-state index is 12.3. The average Bonchev–Trinajstić information content (AvgIpc) is 2.46. The molecule has 1 amide bonds. The summed E-state index contributed by atoms with van der Waals surface area (Å²) in [6.07, 6.45) is 4.88. The van der Waals surface area contributed by atoms with Crippen LogP contribution in [0.4, 0.5) is 5.69 Å². The Morgan fingerprint density at radius 2 is 2.11 bits per heavy atom. The predicted octanol–water partition coefficient (Wildman–Crippen LogP) is 3.17. The number of carbonyl (C=O) groups is 1. The van der Waals surface area contributed by atoms with Gasteiger partial charge < -0.3 is 10.2 Å². The summed E-state index contributed by atoms with van der Waals surface area (Å²) >= 11 is 0. The van der Waals surface area contributed by atoms with E-state index in [1.54, 1.807) is 6.20 Å². The summed E-state index contributed by atoms with van der Waals surface area (Å²) in [7, 11) is 0. The fraction of sp³-hybridized carbons (Fsp3) is 0.600. The number of unbranched alkanes of at least 4 members (excludes halogenated alkanes) is 1. The van der Waals surface area contributed by atoms with Gasteiger partial charge in [-0.25, -0.2) is 0 Å². The monoisotopic (exact) mass is 263 g/mol. The Morgan fingerprint density at radius 1 is 1.32 bits per heavy atom. The second-order valence-corrected chi connectivity index (χ2v) is 4.59. The second kappa shape index (κ2) is 8.51. The van der Waals surface area contributed by atoms with Crippen LogP contribution in [-0.4, -0.2) is 35.4 Å². The fourth-order valence-corrected chi connectivity index (χ4v) is 1.84. The van der Waals surface area contributed by atoms with Crippen LogP contribution in [0, 0.1) is 0 Å². The third-order valence-corrected chi connectivity index (χ3v) is 3.01. The topological polar surface area (TPSA) is 45.2 Å². The van der Waals surface area contributed by atoms with Gasteiger partial charge in [0, 0.05) is 31.5 Å². The first-order chi connectivity index (χ1) is 9.22. The molecular formula is C15H25N3O. The number of rotatable bonds is 8. The van der Waals surface area contributed by atoms with Gasteiger partial charge in [0.1, 0.15) is 5.69 Å². The number of hydrogen-bond acceptors (Lipinski definition) is 3. The van der Waals surface area contributed by atoms with Crippen molar-refractivity contribution >= 4 is 11.6 Å². The number of anilines is 1. The van der Waals surface area contributed by atoms with Crippen molar-refractivity contribution in [2.24, 2.45) is 0 Å². The quantitative estimate of drug-likeness (QED) is 0.783. The van der Waals surface area contributed by atoms with Crippen molar-refractivity contribution in [2.45, 2.75) is 40.0 Å². The van der Waals surface area contributed by atoms with E-state index in [9.17, 15) is 4.79 Å². The first kappa shape index (κ1) is 15.5. The Labute approximate surface area is 116 Å². The van der Waals surface area contributed by atoms with Crippen molar-refractivity contribution in [3.63, 3.8) is 0 Å². The van der Waals surface area contributed by atoms with Crippen molar-refractivity contribution in [2.75, 3.05) is 25.0 Å². The molecule has 1 N–H and O–H groups in total. The first-order valence-corrected chi connectivity index (χ1v) is 7.22. The van der Waals surface area contributed by atoms with Gasteiger partial charge in [0.05, 0.1) is 0 Å². The Morgan fingerprint density at radius 3 is 2.74 bits per heavy atom. The number of carbonyl (C=O) groups excluding carboxylic acids is 1. The number of nitrogens with one attached hydrogen (secondary N) is 1. The van der Waals surface area contributed by atoms with Crippen LogP contribution in [0.2, 0.25) is 0 Å². The molecule has 0 atom stereocenters. The predicted molar refractivity (Wildman–Crippen MR) is 79.5 cm³/mol. The molecule has 0 aromatic carbocycles. The fourth-order valence-electron chi connectivity index (χ4n) is 1.84. The highest BCUT2D eigenvalue weighted by molar-refractivity contribution is 5.93. The summed E-state index contributed by atoms with van der Waals surface area (Å²) in [4.78, 5) is 18.4. The molecule has 0 aliphatic heterocycles. The van der Waals surface area contributed by atoms with Crippen LogP contribution in [0.15, 0.2) is 18.3 Å². The number of amides is 1. The first-order valence-electron chi connectivity index (χ1n) is 7.22. The lowest BCUT2D eigenvalue weighted by Gasteiger charge is -2.20. The smallest absolute Gasteiger partial charge is 0.272 e. The molecule has 4 heteroatoms. The number of nitrogens with zero attached hydrogens (tertiary/aromatic N) is 2. The van der Waals surface area contributed by atoms with Crippen LogP contribution < -0.4 is 5.32 Å². The van der Waals surface area contributed by atoms with Crippen molar-refractivity contribution < 1.29 is 4.79 Å². The zero-order valence-electron chi connectivity index (χ0n) is 12.3. The summed E-state index contributed by atoms with van der Waals surface area (Å²) in [6.45, 7) is 8.70. The number of pyridine rings is 1. The van der Waals surface area contributed by atoms with Crippen LogP contribution >= 0.6 is 0 Å². The van der Waals surface area contributed by atoms with Crippen LogP contribution in [0.3, 0.4) is 0 Å². The van der Waals surface area contributed by atoms with E-state index in [-0.39, 0.29) is 5.91 Å². The molecule has 0 unspecified atom stereocenters. The molecule has 4 nitrogen and oxygen atoms in total. The maximum atomic E-state index is 12.3. The summed E-state index contributed by atoms with van der Waals surface area (Å²) in [5.41, 5.74) is 1.49. The molecule has 0 spiro atoms. The Hall–Kier alpha value is -1.58. The van der Waals surface area contributed by atoms with E-state index in [0.717, 1.165) is 44.6 Å². The molecule has 0 bridgehead atoms. The van der Waals surface area contributed by atoms with Gasteiger partial charge in [0.25, 0.3) is 5.91 Å². The molecule has 1 rings (SSSR count). The zero-order chi connectivity index (χ0) is 14.1. The van der Waals surface area contributed by atoms with E-state index in [4.69, 9.17) is 0 Å². The third kappa shape index (κ3) is 4.89. The highest BCUT2D eigenvalue weighted by atomic mass is 16.2. The minimum Gasteiger partial charge on any atom is -0.385 e. The minimum absolute atomic E-state index is 0.0242. The minimum atomic E-state index is 0.0242. The molecule has 1 aromatic heterocycles. The van der Waals surface area contributed by atoms with Crippen LogP contribution in [0.1, 0.15) is 50.5 Å². The maximum Gasteiger partial charge on any atom is 0.272 e. The highest BCUT2D eigenvalue weighted by Gasteiger charge is 2.15. The molecule has 1 heterocycles. The van der Waals surface area contributed by atoms with Crippen LogP contribution in [0.5, 0.6) is 0 Å². The summed E-state index contributed by atoms with van der Waals surface area (Å²) in [5.74, 6) is 0.0242. The normalized spacial score (nSPS) is 10.3. The van der Waals surface area contributed by atoms with Crippen molar-refractivity contribution in [3.05, 3.63) is 24.0 Å². The van der Waals surface area contributed by atoms with Crippen molar-refractivity contribution in [1.29, 1.82) is 0 Å². The van der Waals surface area contributed by atoms with E-state index in [2.05, 4.69) is 24.1 Å². The van der Waals surface area contributed by atoms with Crippen molar-refractivity contribution in [1.82, 2.24) is 9.88 Å². The van der Waals surface area contributed by atoms with Crippen molar-refractivity contribution in [3.8, 4) is 0 Å². The van der Waals surface area contributed by atoms with Gasteiger partial charge in [-0.15, -0.1) is 0 Å². The lowest BCUT2D eigenvalue weighted by Crippen LogP contribution is -2.32. The van der Waals surface area contributed by atoms with Gasteiger partial charge in [-0.2, -0.15) is 0 Å². The van der Waals surface area contributed by atoms with E-state index in [0.29, 0.717) is 5.69 Å².